The molecule has 6 heteroatoms. The van der Waals surface area contributed by atoms with Gasteiger partial charge in [-0.15, -0.1) is 11.3 Å². The van der Waals surface area contributed by atoms with Crippen LogP contribution in [0.15, 0.2) is 16.7 Å². The topological polar surface area (TPSA) is 64.9 Å². The normalized spacial score (nSPS) is 13.0. The van der Waals surface area contributed by atoms with E-state index in [1.165, 1.54) is 11.3 Å². The molecule has 0 spiro atoms. The molecule has 1 unspecified atom stereocenters. The second-order valence-electron chi connectivity index (χ2n) is 3.20. The Balaban J connectivity index is 2.27. The van der Waals surface area contributed by atoms with E-state index >= 15 is 0 Å². The minimum atomic E-state index is 0.109. The minimum Gasteiger partial charge on any atom is -0.333 e. The van der Waals surface area contributed by atoms with E-state index in [-0.39, 0.29) is 5.92 Å². The third kappa shape index (κ3) is 2.19. The Kier molecular flexibility index (Phi) is 3.04. The highest BCUT2D eigenvalue weighted by Crippen LogP contribution is 2.30. The van der Waals surface area contributed by atoms with Crippen molar-refractivity contribution in [2.45, 2.75) is 12.8 Å². The van der Waals surface area contributed by atoms with Gasteiger partial charge in [-0.1, -0.05) is 23.7 Å². The third-order valence-corrected chi connectivity index (χ3v) is 3.24. The Morgan fingerprint density at radius 3 is 3.00 bits per heavy atom. The first kappa shape index (κ1) is 10.6. The van der Waals surface area contributed by atoms with E-state index in [0.29, 0.717) is 22.6 Å². The van der Waals surface area contributed by atoms with Crippen LogP contribution in [0, 0.1) is 0 Å². The van der Waals surface area contributed by atoms with Gasteiger partial charge in [0.25, 0.3) is 5.89 Å². The zero-order valence-corrected chi connectivity index (χ0v) is 9.68. The monoisotopic (exact) mass is 243 g/mol. The maximum atomic E-state index is 5.82. The molecule has 0 saturated carbocycles. The second-order valence-corrected chi connectivity index (χ2v) is 4.91. The molecule has 0 amide bonds. The van der Waals surface area contributed by atoms with Gasteiger partial charge in [0.2, 0.25) is 0 Å². The summed E-state index contributed by atoms with van der Waals surface area (Å²) < 4.78 is 5.83. The number of aromatic nitrogens is 2. The van der Waals surface area contributed by atoms with Crippen LogP contribution in [0.3, 0.4) is 0 Å². The Bertz CT molecular complexity index is 454. The van der Waals surface area contributed by atoms with E-state index in [1.807, 2.05) is 13.0 Å². The standard InChI is InChI=1S/C9H10ClN3OS/c1-5(4-11)8-12-9(14-13-8)6-2-3-7(10)15-6/h2-3,5H,4,11H2,1H3. The average Bonchev–Trinajstić information content (AvgIpc) is 2.84. The van der Waals surface area contributed by atoms with Crippen LogP contribution in [0.2, 0.25) is 4.34 Å². The maximum Gasteiger partial charge on any atom is 0.268 e. The molecular formula is C9H10ClN3OS. The van der Waals surface area contributed by atoms with Crippen molar-refractivity contribution in [3.05, 3.63) is 22.3 Å². The summed E-state index contributed by atoms with van der Waals surface area (Å²) in [5.74, 6) is 1.25. The van der Waals surface area contributed by atoms with E-state index in [2.05, 4.69) is 10.1 Å². The molecule has 15 heavy (non-hydrogen) atoms. The Morgan fingerprint density at radius 1 is 1.60 bits per heavy atom. The molecule has 2 aromatic heterocycles. The molecule has 0 aliphatic rings. The molecule has 0 aromatic carbocycles. The van der Waals surface area contributed by atoms with Crippen molar-refractivity contribution in [2.24, 2.45) is 5.73 Å². The summed E-state index contributed by atoms with van der Waals surface area (Å²) in [4.78, 5) is 5.14. The van der Waals surface area contributed by atoms with E-state index in [9.17, 15) is 0 Å². The van der Waals surface area contributed by atoms with Crippen molar-refractivity contribution in [3.63, 3.8) is 0 Å². The highest BCUT2D eigenvalue weighted by molar-refractivity contribution is 7.19. The lowest BCUT2D eigenvalue weighted by Crippen LogP contribution is -2.10. The maximum absolute atomic E-state index is 5.82. The van der Waals surface area contributed by atoms with Crippen LogP contribution in [0.25, 0.3) is 10.8 Å². The highest BCUT2D eigenvalue weighted by atomic mass is 35.5. The Morgan fingerprint density at radius 2 is 2.40 bits per heavy atom. The number of thiophene rings is 1. The van der Waals surface area contributed by atoms with Gasteiger partial charge < -0.3 is 10.3 Å². The summed E-state index contributed by atoms with van der Waals surface area (Å²) in [6.45, 7) is 2.46. The van der Waals surface area contributed by atoms with Crippen LogP contribution in [0.1, 0.15) is 18.7 Å². The fourth-order valence-electron chi connectivity index (χ4n) is 1.07. The molecule has 0 radical (unpaired) electrons. The van der Waals surface area contributed by atoms with E-state index < -0.39 is 0 Å². The highest BCUT2D eigenvalue weighted by Gasteiger charge is 2.14. The number of hydrogen-bond donors (Lipinski definition) is 1. The fourth-order valence-corrected chi connectivity index (χ4v) is 2.03. The lowest BCUT2D eigenvalue weighted by Gasteiger charge is -1.98. The van der Waals surface area contributed by atoms with Crippen molar-refractivity contribution in [1.29, 1.82) is 0 Å². The summed E-state index contributed by atoms with van der Waals surface area (Å²) >= 11 is 7.23. The molecule has 0 aliphatic heterocycles. The van der Waals surface area contributed by atoms with E-state index in [0.717, 1.165) is 4.88 Å². The predicted molar refractivity (Wildman–Crippen MR) is 60.1 cm³/mol. The van der Waals surface area contributed by atoms with Crippen molar-refractivity contribution in [3.8, 4) is 10.8 Å². The fraction of sp³-hybridized carbons (Fsp3) is 0.333. The Labute approximate surface area is 96.1 Å². The van der Waals surface area contributed by atoms with Gasteiger partial charge in [-0.3, -0.25) is 0 Å². The predicted octanol–water partition coefficient (Wildman–Crippen LogP) is 2.51. The Hall–Kier alpha value is -0.910. The quantitative estimate of drug-likeness (QED) is 0.900. The third-order valence-electron chi connectivity index (χ3n) is 2.02. The van der Waals surface area contributed by atoms with Gasteiger partial charge in [-0.05, 0) is 12.1 Å². The molecule has 0 saturated heterocycles. The first-order chi connectivity index (χ1) is 7.20. The number of hydrogen-bond acceptors (Lipinski definition) is 5. The van der Waals surface area contributed by atoms with Crippen LogP contribution in [0.5, 0.6) is 0 Å². The van der Waals surface area contributed by atoms with Gasteiger partial charge in [0.1, 0.15) is 0 Å². The van der Waals surface area contributed by atoms with Gasteiger partial charge in [-0.25, -0.2) is 0 Å². The van der Waals surface area contributed by atoms with Crippen LogP contribution >= 0.6 is 22.9 Å². The molecule has 0 fully saturated rings. The SMILES string of the molecule is CC(CN)c1noc(-c2ccc(Cl)s2)n1. The van der Waals surface area contributed by atoms with Crippen molar-refractivity contribution in [2.75, 3.05) is 6.54 Å². The lowest BCUT2D eigenvalue weighted by atomic mass is 10.2. The lowest BCUT2D eigenvalue weighted by molar-refractivity contribution is 0.418. The molecular weight excluding hydrogens is 234 g/mol. The van der Waals surface area contributed by atoms with E-state index in [4.69, 9.17) is 21.9 Å². The van der Waals surface area contributed by atoms with Crippen molar-refractivity contribution >= 4 is 22.9 Å². The summed E-state index contributed by atoms with van der Waals surface area (Å²) in [7, 11) is 0. The number of halogens is 1. The van der Waals surface area contributed by atoms with Crippen LogP contribution in [-0.4, -0.2) is 16.7 Å². The van der Waals surface area contributed by atoms with Gasteiger partial charge in [0.05, 0.1) is 9.21 Å². The molecule has 2 rings (SSSR count). The smallest absolute Gasteiger partial charge is 0.268 e. The summed E-state index contributed by atoms with van der Waals surface area (Å²) in [6.07, 6.45) is 0. The zero-order valence-electron chi connectivity index (χ0n) is 8.11. The zero-order chi connectivity index (χ0) is 10.8. The summed E-state index contributed by atoms with van der Waals surface area (Å²) in [5, 5.41) is 3.87. The number of nitrogens with zero attached hydrogens (tertiary/aromatic N) is 2. The molecule has 4 nitrogen and oxygen atoms in total. The largest absolute Gasteiger partial charge is 0.333 e. The first-order valence-corrected chi connectivity index (χ1v) is 5.69. The molecule has 0 aliphatic carbocycles. The van der Waals surface area contributed by atoms with Gasteiger partial charge in [0.15, 0.2) is 5.82 Å². The number of nitrogens with two attached hydrogens (primary N) is 1. The summed E-state index contributed by atoms with van der Waals surface area (Å²) in [5.41, 5.74) is 5.52. The molecule has 2 N–H and O–H groups in total. The molecule has 2 aromatic rings. The summed E-state index contributed by atoms with van der Waals surface area (Å²) in [6, 6.07) is 3.66. The molecule has 1 atom stereocenters. The molecule has 80 valence electrons. The second kappa shape index (κ2) is 4.30. The number of rotatable bonds is 3. The molecule has 0 bridgehead atoms. The van der Waals surface area contributed by atoms with Crippen LogP contribution < -0.4 is 5.73 Å². The van der Waals surface area contributed by atoms with Gasteiger partial charge in [0, 0.05) is 12.5 Å². The first-order valence-electron chi connectivity index (χ1n) is 4.50. The van der Waals surface area contributed by atoms with Gasteiger partial charge in [-0.2, -0.15) is 4.98 Å². The van der Waals surface area contributed by atoms with Crippen LogP contribution in [0.4, 0.5) is 0 Å². The van der Waals surface area contributed by atoms with E-state index in [1.54, 1.807) is 6.07 Å². The molecule has 2 heterocycles. The van der Waals surface area contributed by atoms with Crippen molar-refractivity contribution in [1.82, 2.24) is 10.1 Å². The van der Waals surface area contributed by atoms with Crippen molar-refractivity contribution < 1.29 is 4.52 Å². The minimum absolute atomic E-state index is 0.109. The van der Waals surface area contributed by atoms with Crippen LogP contribution in [-0.2, 0) is 0 Å². The average molecular weight is 244 g/mol. The van der Waals surface area contributed by atoms with Gasteiger partial charge >= 0.3 is 0 Å².